The number of rotatable bonds is 10. The maximum atomic E-state index is 12.7. The molecule has 1 heterocycles. The van der Waals surface area contributed by atoms with Crippen molar-refractivity contribution >= 4 is 35.0 Å². The Morgan fingerprint density at radius 1 is 1.30 bits per heavy atom. The van der Waals surface area contributed by atoms with Crippen LogP contribution in [0.15, 0.2) is 29.7 Å². The number of hydrogen-bond donors (Lipinski definition) is 0. The lowest BCUT2D eigenvalue weighted by Crippen LogP contribution is -2.36. The molecule has 1 atom stereocenters. The van der Waals surface area contributed by atoms with Crippen LogP contribution < -0.4 is 9.47 Å². The molecule has 7 nitrogen and oxygen atoms in total. The Labute approximate surface area is 181 Å². The van der Waals surface area contributed by atoms with Gasteiger partial charge in [0, 0.05) is 11.6 Å². The summed E-state index contributed by atoms with van der Waals surface area (Å²) in [6, 6.07) is 3.36. The summed E-state index contributed by atoms with van der Waals surface area (Å²) in [6.45, 7) is 9.28. The minimum atomic E-state index is -0.480. The zero-order valence-corrected chi connectivity index (χ0v) is 18.5. The molecule has 0 spiro atoms. The van der Waals surface area contributed by atoms with Crippen molar-refractivity contribution in [1.82, 2.24) is 4.90 Å². The maximum absolute atomic E-state index is 12.7. The fraction of sp³-hybridized carbons (Fsp3) is 0.409. The average Bonchev–Trinajstić information content (AvgIpc) is 2.99. The van der Waals surface area contributed by atoms with Crippen LogP contribution in [0.4, 0.5) is 4.79 Å². The van der Waals surface area contributed by atoms with E-state index in [9.17, 15) is 14.4 Å². The number of imide groups is 1. The standard InChI is InChI=1S/C22H27NO6S/c1-6-9-16-10-15(11-17(27-5)20(16)29-13-19(24)28-8-3)12-18-21(25)23(14(4)7-2)22(26)30-18/h6,10-12,14H,1,7-9,13H2,2-5H3/b18-12+/t14-/m1/s1. The molecular formula is C22H27NO6S. The van der Waals surface area contributed by atoms with Gasteiger partial charge in [0.25, 0.3) is 11.1 Å². The second-order valence-corrected chi connectivity index (χ2v) is 7.60. The van der Waals surface area contributed by atoms with Crippen LogP contribution in [0.25, 0.3) is 6.08 Å². The van der Waals surface area contributed by atoms with Gasteiger partial charge in [-0.25, -0.2) is 4.79 Å². The first kappa shape index (κ1) is 23.5. The molecule has 1 aliphatic heterocycles. The molecule has 1 aliphatic rings. The fourth-order valence-corrected chi connectivity index (χ4v) is 3.85. The van der Waals surface area contributed by atoms with E-state index in [4.69, 9.17) is 14.2 Å². The summed E-state index contributed by atoms with van der Waals surface area (Å²) in [5.74, 6) is 0.0412. The van der Waals surface area contributed by atoms with E-state index in [0.717, 1.165) is 17.3 Å². The highest BCUT2D eigenvalue weighted by Crippen LogP contribution is 2.37. The van der Waals surface area contributed by atoms with Crippen molar-refractivity contribution in [2.45, 2.75) is 39.7 Å². The quantitative estimate of drug-likeness (QED) is 0.311. The average molecular weight is 434 g/mol. The molecule has 162 valence electrons. The lowest BCUT2D eigenvalue weighted by Gasteiger charge is -2.19. The summed E-state index contributed by atoms with van der Waals surface area (Å²) in [7, 11) is 1.49. The van der Waals surface area contributed by atoms with Gasteiger partial charge >= 0.3 is 5.97 Å². The lowest BCUT2D eigenvalue weighted by atomic mass is 10.0. The van der Waals surface area contributed by atoms with Crippen LogP contribution in [0, 0.1) is 0 Å². The normalized spacial score (nSPS) is 16.0. The van der Waals surface area contributed by atoms with Crippen molar-refractivity contribution in [1.29, 1.82) is 0 Å². The zero-order chi connectivity index (χ0) is 22.3. The van der Waals surface area contributed by atoms with Crippen molar-refractivity contribution in [2.75, 3.05) is 20.3 Å². The van der Waals surface area contributed by atoms with Gasteiger partial charge < -0.3 is 14.2 Å². The molecule has 0 aromatic heterocycles. The Bertz CT molecular complexity index is 863. The van der Waals surface area contributed by atoms with Gasteiger partial charge in [0.05, 0.1) is 18.6 Å². The molecule has 2 rings (SSSR count). The number of carbonyl (C=O) groups excluding carboxylic acids is 3. The highest BCUT2D eigenvalue weighted by Gasteiger charge is 2.37. The Hall–Kier alpha value is -2.74. The molecule has 0 aliphatic carbocycles. The highest BCUT2D eigenvalue weighted by atomic mass is 32.2. The number of nitrogens with zero attached hydrogens (tertiary/aromatic N) is 1. The third-order valence-corrected chi connectivity index (χ3v) is 5.41. The number of allylic oxidation sites excluding steroid dienone is 1. The van der Waals surface area contributed by atoms with Crippen molar-refractivity contribution in [3.8, 4) is 11.5 Å². The van der Waals surface area contributed by atoms with E-state index in [1.807, 2.05) is 19.9 Å². The Morgan fingerprint density at radius 2 is 2.03 bits per heavy atom. The third-order valence-electron chi connectivity index (χ3n) is 4.53. The summed E-state index contributed by atoms with van der Waals surface area (Å²) in [4.78, 5) is 38.3. The van der Waals surface area contributed by atoms with E-state index in [-0.39, 0.29) is 30.4 Å². The van der Waals surface area contributed by atoms with Gasteiger partial charge in [-0.2, -0.15) is 0 Å². The van der Waals surface area contributed by atoms with Crippen LogP contribution in [0.2, 0.25) is 0 Å². The molecular weight excluding hydrogens is 406 g/mol. The molecule has 0 N–H and O–H groups in total. The van der Waals surface area contributed by atoms with Crippen molar-refractivity contribution < 1.29 is 28.6 Å². The molecule has 30 heavy (non-hydrogen) atoms. The Balaban J connectivity index is 2.38. The predicted molar refractivity (Wildman–Crippen MR) is 117 cm³/mol. The largest absolute Gasteiger partial charge is 0.493 e. The minimum absolute atomic E-state index is 0.159. The molecule has 2 amide bonds. The van der Waals surface area contributed by atoms with Crippen LogP contribution >= 0.6 is 11.8 Å². The molecule has 8 heteroatoms. The van der Waals surface area contributed by atoms with E-state index in [1.54, 1.807) is 25.1 Å². The second kappa shape index (κ2) is 10.9. The van der Waals surface area contributed by atoms with Crippen molar-refractivity contribution in [2.24, 2.45) is 0 Å². The van der Waals surface area contributed by atoms with Crippen LogP contribution in [0.3, 0.4) is 0 Å². The van der Waals surface area contributed by atoms with Gasteiger partial charge in [-0.15, -0.1) is 6.58 Å². The number of ether oxygens (including phenoxy) is 3. The van der Waals surface area contributed by atoms with E-state index >= 15 is 0 Å². The molecule has 0 unspecified atom stereocenters. The van der Waals surface area contributed by atoms with Crippen LogP contribution in [-0.2, 0) is 20.7 Å². The Kier molecular flexibility index (Phi) is 8.53. The van der Waals surface area contributed by atoms with Gasteiger partial charge in [0.2, 0.25) is 0 Å². The minimum Gasteiger partial charge on any atom is -0.493 e. The first-order valence-electron chi connectivity index (χ1n) is 9.73. The number of amides is 2. The topological polar surface area (TPSA) is 82.1 Å². The van der Waals surface area contributed by atoms with Crippen molar-refractivity contribution in [3.63, 3.8) is 0 Å². The lowest BCUT2D eigenvalue weighted by molar-refractivity contribution is -0.145. The van der Waals surface area contributed by atoms with E-state index < -0.39 is 5.97 Å². The van der Waals surface area contributed by atoms with Gasteiger partial charge in [0.15, 0.2) is 18.1 Å². The third kappa shape index (κ3) is 5.44. The second-order valence-electron chi connectivity index (χ2n) is 6.61. The molecule has 1 aromatic rings. The summed E-state index contributed by atoms with van der Waals surface area (Å²) in [5, 5.41) is -0.270. The molecule has 1 fully saturated rings. The maximum Gasteiger partial charge on any atom is 0.344 e. The first-order chi connectivity index (χ1) is 14.4. The number of carbonyl (C=O) groups is 3. The molecule has 0 saturated carbocycles. The van der Waals surface area contributed by atoms with Gasteiger partial charge in [0.1, 0.15) is 0 Å². The van der Waals surface area contributed by atoms with Crippen LogP contribution in [0.5, 0.6) is 11.5 Å². The summed E-state index contributed by atoms with van der Waals surface area (Å²) >= 11 is 0.922. The molecule has 0 bridgehead atoms. The van der Waals surface area contributed by atoms with Gasteiger partial charge in [-0.3, -0.25) is 14.5 Å². The van der Waals surface area contributed by atoms with E-state index in [1.165, 1.54) is 12.0 Å². The summed E-state index contributed by atoms with van der Waals surface area (Å²) in [6.07, 6.45) is 4.52. The van der Waals surface area contributed by atoms with Gasteiger partial charge in [-0.1, -0.05) is 13.0 Å². The monoisotopic (exact) mass is 433 g/mol. The molecule has 1 aromatic carbocycles. The van der Waals surface area contributed by atoms with E-state index in [2.05, 4.69) is 6.58 Å². The number of benzene rings is 1. The van der Waals surface area contributed by atoms with E-state index in [0.29, 0.717) is 34.8 Å². The highest BCUT2D eigenvalue weighted by molar-refractivity contribution is 8.18. The number of hydrogen-bond acceptors (Lipinski definition) is 7. The Morgan fingerprint density at radius 3 is 2.63 bits per heavy atom. The summed E-state index contributed by atoms with van der Waals surface area (Å²) in [5.41, 5.74) is 1.42. The van der Waals surface area contributed by atoms with Crippen LogP contribution in [0.1, 0.15) is 38.3 Å². The van der Waals surface area contributed by atoms with Crippen molar-refractivity contribution in [3.05, 3.63) is 40.8 Å². The number of methoxy groups -OCH3 is 1. The summed E-state index contributed by atoms with van der Waals surface area (Å²) < 4.78 is 16.0. The van der Waals surface area contributed by atoms with Crippen LogP contribution in [-0.4, -0.2) is 48.4 Å². The molecule has 1 saturated heterocycles. The first-order valence-corrected chi connectivity index (χ1v) is 10.5. The predicted octanol–water partition coefficient (Wildman–Crippen LogP) is 4.20. The number of thioether (sulfide) groups is 1. The fourth-order valence-electron chi connectivity index (χ4n) is 2.92. The molecule has 0 radical (unpaired) electrons. The van der Waals surface area contributed by atoms with Gasteiger partial charge in [-0.05, 0) is 62.2 Å². The number of esters is 1. The SMILES string of the molecule is C=CCc1cc(/C=C2/SC(=O)N([C@H](C)CC)C2=O)cc(OC)c1OCC(=O)OCC. The zero-order valence-electron chi connectivity index (χ0n) is 17.7. The smallest absolute Gasteiger partial charge is 0.344 e.